The summed E-state index contributed by atoms with van der Waals surface area (Å²) in [5.74, 6) is -0.402. The van der Waals surface area contributed by atoms with Crippen LogP contribution in [0.5, 0.6) is 0 Å². The molecule has 20 heavy (non-hydrogen) atoms. The van der Waals surface area contributed by atoms with Gasteiger partial charge >= 0.3 is 5.76 Å². The Labute approximate surface area is 128 Å². The van der Waals surface area contributed by atoms with E-state index in [9.17, 15) is 9.90 Å². The molecule has 3 rings (SSSR count). The van der Waals surface area contributed by atoms with Crippen LogP contribution in [0, 0.1) is 3.57 Å². The maximum absolute atomic E-state index is 11.5. The smallest absolute Gasteiger partial charge is 0.408 e. The lowest BCUT2D eigenvalue weighted by Crippen LogP contribution is -2.08. The van der Waals surface area contributed by atoms with Crippen molar-refractivity contribution in [2.75, 3.05) is 0 Å². The maximum atomic E-state index is 11.5. The summed E-state index contributed by atoms with van der Waals surface area (Å²) in [6.45, 7) is 0. The second-order valence-electron chi connectivity index (χ2n) is 4.58. The normalized spacial score (nSPS) is 12.8. The van der Waals surface area contributed by atoms with E-state index in [-0.39, 0.29) is 0 Å². The molecule has 0 saturated carbocycles. The summed E-state index contributed by atoms with van der Waals surface area (Å²) in [7, 11) is 1.66. The van der Waals surface area contributed by atoms with Crippen molar-refractivity contribution in [3.8, 4) is 0 Å². The van der Waals surface area contributed by atoms with Crippen LogP contribution in [0.15, 0.2) is 51.7 Å². The zero-order valence-electron chi connectivity index (χ0n) is 10.7. The van der Waals surface area contributed by atoms with Gasteiger partial charge in [-0.25, -0.2) is 4.79 Å². The van der Waals surface area contributed by atoms with Gasteiger partial charge in [0.1, 0.15) is 6.10 Å². The fourth-order valence-corrected chi connectivity index (χ4v) is 2.88. The fourth-order valence-electron chi connectivity index (χ4n) is 2.20. The molecule has 0 aliphatic rings. The highest BCUT2D eigenvalue weighted by molar-refractivity contribution is 14.1. The molecular weight excluding hydrogens is 369 g/mol. The van der Waals surface area contributed by atoms with E-state index in [0.29, 0.717) is 16.7 Å². The van der Waals surface area contributed by atoms with Crippen LogP contribution in [-0.4, -0.2) is 9.67 Å². The number of hydrogen-bond donors (Lipinski definition) is 1. The van der Waals surface area contributed by atoms with E-state index < -0.39 is 11.9 Å². The predicted octanol–water partition coefficient (Wildman–Crippen LogP) is 2.82. The number of aryl methyl sites for hydroxylation is 1. The average Bonchev–Trinajstić information content (AvgIpc) is 2.73. The van der Waals surface area contributed by atoms with Gasteiger partial charge in [-0.05, 0) is 51.9 Å². The summed E-state index contributed by atoms with van der Waals surface area (Å²) < 4.78 is 7.59. The first-order valence-electron chi connectivity index (χ1n) is 6.10. The first kappa shape index (κ1) is 13.4. The molecule has 0 bridgehead atoms. The Kier molecular flexibility index (Phi) is 3.39. The molecule has 5 heteroatoms. The summed E-state index contributed by atoms with van der Waals surface area (Å²) in [4.78, 5) is 11.5. The van der Waals surface area contributed by atoms with Gasteiger partial charge in [0.2, 0.25) is 0 Å². The van der Waals surface area contributed by atoms with Gasteiger partial charge in [0.15, 0.2) is 5.58 Å². The number of fused-ring (bicyclic) bond motifs is 1. The first-order valence-corrected chi connectivity index (χ1v) is 7.18. The molecular formula is C15H12INO3. The van der Waals surface area contributed by atoms with Crippen molar-refractivity contribution in [3.05, 3.63) is 67.7 Å². The molecule has 1 unspecified atom stereocenters. The van der Waals surface area contributed by atoms with Gasteiger partial charge in [-0.15, -0.1) is 0 Å². The summed E-state index contributed by atoms with van der Waals surface area (Å²) >= 11 is 2.19. The van der Waals surface area contributed by atoms with E-state index in [1.165, 1.54) is 4.57 Å². The Hall–Kier alpha value is -1.60. The lowest BCUT2D eigenvalue weighted by atomic mass is 10.0. The molecule has 0 fully saturated rings. The first-order chi connectivity index (χ1) is 9.58. The largest absolute Gasteiger partial charge is 0.419 e. The van der Waals surface area contributed by atoms with Crippen LogP contribution >= 0.6 is 22.6 Å². The number of aliphatic hydroxyl groups excluding tert-OH is 1. The van der Waals surface area contributed by atoms with Crippen LogP contribution < -0.4 is 5.76 Å². The minimum atomic E-state index is -0.738. The number of nitrogens with zero attached hydrogens (tertiary/aromatic N) is 1. The van der Waals surface area contributed by atoms with Gasteiger partial charge in [-0.1, -0.05) is 24.3 Å². The zero-order valence-corrected chi connectivity index (χ0v) is 12.9. The maximum Gasteiger partial charge on any atom is 0.419 e. The number of halogens is 1. The highest BCUT2D eigenvalue weighted by Crippen LogP contribution is 2.27. The SMILES string of the molecule is Cn1c(=O)oc2cc(C(O)c3ccccc3I)ccc21. The Morgan fingerprint density at radius 2 is 2.00 bits per heavy atom. The molecule has 0 aliphatic heterocycles. The van der Waals surface area contributed by atoms with Crippen molar-refractivity contribution in [1.29, 1.82) is 0 Å². The lowest BCUT2D eigenvalue weighted by molar-refractivity contribution is 0.219. The van der Waals surface area contributed by atoms with Crippen molar-refractivity contribution in [3.63, 3.8) is 0 Å². The number of aliphatic hydroxyl groups is 1. The summed E-state index contributed by atoms with van der Waals surface area (Å²) in [6, 6.07) is 13.0. The van der Waals surface area contributed by atoms with E-state index >= 15 is 0 Å². The average molecular weight is 381 g/mol. The van der Waals surface area contributed by atoms with Crippen molar-refractivity contribution < 1.29 is 9.52 Å². The highest BCUT2D eigenvalue weighted by atomic mass is 127. The molecule has 0 aliphatic carbocycles. The van der Waals surface area contributed by atoms with E-state index in [0.717, 1.165) is 9.13 Å². The Bertz CT molecular complexity index is 834. The van der Waals surface area contributed by atoms with Crippen molar-refractivity contribution in [1.82, 2.24) is 4.57 Å². The summed E-state index contributed by atoms with van der Waals surface area (Å²) in [5.41, 5.74) is 2.75. The Morgan fingerprint density at radius 3 is 2.75 bits per heavy atom. The molecule has 0 amide bonds. The molecule has 0 radical (unpaired) electrons. The van der Waals surface area contributed by atoms with Gasteiger partial charge in [0, 0.05) is 10.6 Å². The topological polar surface area (TPSA) is 55.4 Å². The van der Waals surface area contributed by atoms with Crippen LogP contribution in [-0.2, 0) is 7.05 Å². The quantitative estimate of drug-likeness (QED) is 0.695. The van der Waals surface area contributed by atoms with Gasteiger partial charge in [0.25, 0.3) is 0 Å². The van der Waals surface area contributed by atoms with Crippen molar-refractivity contribution in [2.45, 2.75) is 6.10 Å². The highest BCUT2D eigenvalue weighted by Gasteiger charge is 2.15. The van der Waals surface area contributed by atoms with Crippen molar-refractivity contribution in [2.24, 2.45) is 7.05 Å². The predicted molar refractivity (Wildman–Crippen MR) is 84.7 cm³/mol. The standard InChI is InChI=1S/C15H12INO3/c1-17-12-7-6-9(8-13(12)20-15(17)19)14(18)10-4-2-3-5-11(10)16/h2-8,14,18H,1H3. The third kappa shape index (κ3) is 2.16. The van der Waals surface area contributed by atoms with Crippen LogP contribution in [0.2, 0.25) is 0 Å². The van der Waals surface area contributed by atoms with E-state index in [1.54, 1.807) is 19.2 Å². The van der Waals surface area contributed by atoms with Crippen LogP contribution in [0.4, 0.5) is 0 Å². The number of benzene rings is 2. The molecule has 2 aromatic carbocycles. The van der Waals surface area contributed by atoms with Gasteiger partial charge in [-0.3, -0.25) is 4.57 Å². The van der Waals surface area contributed by atoms with Crippen LogP contribution in [0.25, 0.3) is 11.1 Å². The lowest BCUT2D eigenvalue weighted by Gasteiger charge is -2.13. The fraction of sp³-hybridized carbons (Fsp3) is 0.133. The van der Waals surface area contributed by atoms with Crippen LogP contribution in [0.3, 0.4) is 0 Å². The van der Waals surface area contributed by atoms with Gasteiger partial charge in [-0.2, -0.15) is 0 Å². The van der Waals surface area contributed by atoms with Gasteiger partial charge < -0.3 is 9.52 Å². The molecule has 1 N–H and O–H groups in total. The third-order valence-corrected chi connectivity index (χ3v) is 4.31. The van der Waals surface area contributed by atoms with E-state index in [2.05, 4.69) is 22.6 Å². The van der Waals surface area contributed by atoms with E-state index in [1.807, 2.05) is 30.3 Å². The Balaban J connectivity index is 2.11. The molecule has 4 nitrogen and oxygen atoms in total. The number of oxazole rings is 1. The van der Waals surface area contributed by atoms with Gasteiger partial charge in [0.05, 0.1) is 5.52 Å². The number of hydrogen-bond acceptors (Lipinski definition) is 3. The van der Waals surface area contributed by atoms with E-state index in [4.69, 9.17) is 4.42 Å². The third-order valence-electron chi connectivity index (χ3n) is 3.33. The number of aromatic nitrogens is 1. The molecule has 3 aromatic rings. The monoisotopic (exact) mass is 381 g/mol. The summed E-state index contributed by atoms with van der Waals surface area (Å²) in [6.07, 6.45) is -0.738. The molecule has 1 aromatic heterocycles. The summed E-state index contributed by atoms with van der Waals surface area (Å²) in [5, 5.41) is 10.5. The number of rotatable bonds is 2. The molecule has 0 spiro atoms. The minimum absolute atomic E-state index is 0.402. The minimum Gasteiger partial charge on any atom is -0.408 e. The molecule has 1 heterocycles. The molecule has 1 atom stereocenters. The van der Waals surface area contributed by atoms with Crippen LogP contribution in [0.1, 0.15) is 17.2 Å². The van der Waals surface area contributed by atoms with Crippen molar-refractivity contribution >= 4 is 33.7 Å². The molecule has 102 valence electrons. The Morgan fingerprint density at radius 1 is 1.25 bits per heavy atom. The molecule has 0 saturated heterocycles. The second kappa shape index (κ2) is 5.06. The second-order valence-corrected chi connectivity index (χ2v) is 5.74. The zero-order chi connectivity index (χ0) is 14.3.